The molecule has 1 saturated heterocycles. The van der Waals surface area contributed by atoms with Crippen LogP contribution in [0, 0.1) is 0 Å². The highest BCUT2D eigenvalue weighted by Gasteiger charge is 2.22. The Labute approximate surface area is 116 Å². The Hall–Kier alpha value is -1.07. The van der Waals surface area contributed by atoms with E-state index in [1.54, 1.807) is 0 Å². The van der Waals surface area contributed by atoms with Gasteiger partial charge in [-0.05, 0) is 33.4 Å². The fourth-order valence-electron chi connectivity index (χ4n) is 2.74. The van der Waals surface area contributed by atoms with Crippen LogP contribution in [-0.4, -0.2) is 54.2 Å². The molecule has 2 heterocycles. The molecule has 2 rings (SSSR count). The van der Waals surface area contributed by atoms with Crippen LogP contribution in [0.1, 0.15) is 25.5 Å². The highest BCUT2D eigenvalue weighted by molar-refractivity contribution is 5.30. The highest BCUT2D eigenvalue weighted by Crippen LogP contribution is 2.16. The molecular formula is C14H27N5. The minimum Gasteiger partial charge on any atom is -0.348 e. The first-order chi connectivity index (χ1) is 8.99. The minimum atomic E-state index is 0.629. The van der Waals surface area contributed by atoms with E-state index in [0.717, 1.165) is 12.5 Å². The van der Waals surface area contributed by atoms with Crippen molar-refractivity contribution in [1.29, 1.82) is 0 Å². The molecule has 0 aliphatic carbocycles. The van der Waals surface area contributed by atoms with Crippen LogP contribution in [0.4, 0.5) is 5.95 Å². The summed E-state index contributed by atoms with van der Waals surface area (Å²) in [4.78, 5) is 8.93. The third-order valence-corrected chi connectivity index (χ3v) is 4.24. The Morgan fingerprint density at radius 1 is 1.42 bits per heavy atom. The third-order valence-electron chi connectivity index (χ3n) is 4.24. The van der Waals surface area contributed by atoms with Crippen LogP contribution < -0.4 is 10.2 Å². The summed E-state index contributed by atoms with van der Waals surface area (Å²) in [5.74, 6) is 1.01. The molecule has 0 radical (unpaired) electrons. The molecule has 0 aromatic carbocycles. The number of nitrogens with zero attached hydrogens (tertiary/aromatic N) is 4. The van der Waals surface area contributed by atoms with E-state index in [1.807, 2.05) is 25.2 Å². The second-order valence-electron chi connectivity index (χ2n) is 5.93. The number of rotatable bonds is 4. The molecule has 5 nitrogen and oxygen atoms in total. The maximum atomic E-state index is 4.45. The van der Waals surface area contributed by atoms with Gasteiger partial charge in [0.25, 0.3) is 0 Å². The summed E-state index contributed by atoms with van der Waals surface area (Å²) in [6.45, 7) is 4.40. The number of nitrogens with one attached hydrogen (secondary N) is 1. The molecule has 5 heteroatoms. The third kappa shape index (κ3) is 3.28. The molecule has 19 heavy (non-hydrogen) atoms. The van der Waals surface area contributed by atoms with Gasteiger partial charge < -0.3 is 19.7 Å². The van der Waals surface area contributed by atoms with Gasteiger partial charge in [-0.15, -0.1) is 0 Å². The number of hydrogen-bond acceptors (Lipinski definition) is 4. The van der Waals surface area contributed by atoms with Crippen molar-refractivity contribution in [3.63, 3.8) is 0 Å². The number of hydrogen-bond donors (Lipinski definition) is 1. The quantitative estimate of drug-likeness (QED) is 0.883. The van der Waals surface area contributed by atoms with Crippen molar-refractivity contribution in [1.82, 2.24) is 19.8 Å². The summed E-state index contributed by atoms with van der Waals surface area (Å²) in [5, 5.41) is 3.68. The molecule has 1 fully saturated rings. The number of imidazole rings is 1. The molecule has 2 unspecified atom stereocenters. The lowest BCUT2D eigenvalue weighted by Gasteiger charge is -2.35. The standard InChI is InChI=1S/C14H27N5/c1-11-8-12(6-7-18(11)4)15-9-13-10-16-14(17(2)3)19(13)5/h10-12,15H,6-9H2,1-5H3. The van der Waals surface area contributed by atoms with Crippen LogP contribution in [0.5, 0.6) is 0 Å². The summed E-state index contributed by atoms with van der Waals surface area (Å²) < 4.78 is 2.16. The van der Waals surface area contributed by atoms with Crippen LogP contribution in [0.25, 0.3) is 0 Å². The molecule has 108 valence electrons. The van der Waals surface area contributed by atoms with Gasteiger partial charge in [0.15, 0.2) is 0 Å². The summed E-state index contributed by atoms with van der Waals surface area (Å²) in [7, 11) is 8.35. The molecule has 1 aromatic heterocycles. The maximum Gasteiger partial charge on any atom is 0.204 e. The number of anilines is 1. The van der Waals surface area contributed by atoms with Crippen molar-refractivity contribution in [2.75, 3.05) is 32.6 Å². The van der Waals surface area contributed by atoms with Crippen molar-refractivity contribution >= 4 is 5.95 Å². The molecule has 0 bridgehead atoms. The van der Waals surface area contributed by atoms with E-state index in [-0.39, 0.29) is 0 Å². The Balaban J connectivity index is 1.89. The first kappa shape index (κ1) is 14.3. The van der Waals surface area contributed by atoms with E-state index in [9.17, 15) is 0 Å². The lowest BCUT2D eigenvalue weighted by Crippen LogP contribution is -2.45. The van der Waals surface area contributed by atoms with Gasteiger partial charge in [0.2, 0.25) is 5.95 Å². The largest absolute Gasteiger partial charge is 0.348 e. The van der Waals surface area contributed by atoms with Crippen molar-refractivity contribution in [3.8, 4) is 0 Å². The fourth-order valence-corrected chi connectivity index (χ4v) is 2.74. The van der Waals surface area contributed by atoms with E-state index >= 15 is 0 Å². The van der Waals surface area contributed by atoms with Crippen molar-refractivity contribution in [2.24, 2.45) is 7.05 Å². The monoisotopic (exact) mass is 265 g/mol. The lowest BCUT2D eigenvalue weighted by atomic mass is 9.99. The van der Waals surface area contributed by atoms with E-state index < -0.39 is 0 Å². The van der Waals surface area contributed by atoms with Gasteiger partial charge >= 0.3 is 0 Å². The normalized spacial score (nSPS) is 24.7. The van der Waals surface area contributed by atoms with Crippen LogP contribution in [-0.2, 0) is 13.6 Å². The first-order valence-corrected chi connectivity index (χ1v) is 7.10. The molecule has 1 aliphatic rings. The molecule has 1 aliphatic heterocycles. The Kier molecular flexibility index (Phi) is 4.47. The van der Waals surface area contributed by atoms with Crippen LogP contribution in [0.15, 0.2) is 6.20 Å². The summed E-state index contributed by atoms with van der Waals surface area (Å²) in [6, 6.07) is 1.30. The van der Waals surface area contributed by atoms with Crippen molar-refractivity contribution in [2.45, 2.75) is 38.4 Å². The summed E-state index contributed by atoms with van der Waals surface area (Å²) >= 11 is 0. The van der Waals surface area contributed by atoms with Gasteiger partial charge in [0.05, 0.1) is 11.9 Å². The predicted octanol–water partition coefficient (Wildman–Crippen LogP) is 1.06. The second-order valence-corrected chi connectivity index (χ2v) is 5.93. The van der Waals surface area contributed by atoms with Gasteiger partial charge in [-0.1, -0.05) is 0 Å². The molecule has 0 saturated carbocycles. The van der Waals surface area contributed by atoms with E-state index in [1.165, 1.54) is 25.1 Å². The summed E-state index contributed by atoms with van der Waals surface area (Å²) in [6.07, 6.45) is 4.44. The maximum absolute atomic E-state index is 4.45. The first-order valence-electron chi connectivity index (χ1n) is 7.10. The molecule has 0 amide bonds. The van der Waals surface area contributed by atoms with Crippen molar-refractivity contribution < 1.29 is 0 Å². The van der Waals surface area contributed by atoms with Gasteiger partial charge in [-0.3, -0.25) is 0 Å². The predicted molar refractivity (Wildman–Crippen MR) is 79.5 cm³/mol. The van der Waals surface area contributed by atoms with E-state index in [2.05, 4.69) is 40.8 Å². The van der Waals surface area contributed by atoms with Crippen LogP contribution in [0.2, 0.25) is 0 Å². The minimum absolute atomic E-state index is 0.629. The SMILES string of the molecule is CC1CC(NCc2cnc(N(C)C)n2C)CCN1C. The van der Waals surface area contributed by atoms with Crippen LogP contribution in [0.3, 0.4) is 0 Å². The molecule has 0 spiro atoms. The lowest BCUT2D eigenvalue weighted by molar-refractivity contribution is 0.168. The van der Waals surface area contributed by atoms with E-state index in [0.29, 0.717) is 12.1 Å². The van der Waals surface area contributed by atoms with Crippen molar-refractivity contribution in [3.05, 3.63) is 11.9 Å². The zero-order chi connectivity index (χ0) is 14.0. The molecule has 1 aromatic rings. The van der Waals surface area contributed by atoms with Gasteiger partial charge in [0.1, 0.15) is 0 Å². The summed E-state index contributed by atoms with van der Waals surface area (Å²) in [5.41, 5.74) is 1.25. The Morgan fingerprint density at radius 3 is 2.74 bits per heavy atom. The second kappa shape index (κ2) is 5.92. The number of likely N-dealkylation sites (tertiary alicyclic amines) is 1. The Morgan fingerprint density at radius 2 is 2.16 bits per heavy atom. The molecular weight excluding hydrogens is 238 g/mol. The average molecular weight is 265 g/mol. The highest BCUT2D eigenvalue weighted by atomic mass is 15.3. The topological polar surface area (TPSA) is 36.3 Å². The fraction of sp³-hybridized carbons (Fsp3) is 0.786. The number of piperidine rings is 1. The zero-order valence-electron chi connectivity index (χ0n) is 12.8. The average Bonchev–Trinajstić information content (AvgIpc) is 2.72. The van der Waals surface area contributed by atoms with Crippen LogP contribution >= 0.6 is 0 Å². The smallest absolute Gasteiger partial charge is 0.204 e. The van der Waals surface area contributed by atoms with Gasteiger partial charge in [0, 0.05) is 39.8 Å². The number of aromatic nitrogens is 2. The zero-order valence-corrected chi connectivity index (χ0v) is 12.8. The molecule has 2 atom stereocenters. The van der Waals surface area contributed by atoms with E-state index in [4.69, 9.17) is 0 Å². The van der Waals surface area contributed by atoms with Gasteiger partial charge in [-0.25, -0.2) is 4.98 Å². The molecule has 1 N–H and O–H groups in total. The Bertz CT molecular complexity index is 412. The van der Waals surface area contributed by atoms with Gasteiger partial charge in [-0.2, -0.15) is 0 Å².